The number of amides is 3. The SMILES string of the molecule is Cc1cc(C(=O)CN2C(=O)NC3(CCC(C)CC3)C2=O)c(C)n1CCc1ccccc1. The molecule has 0 unspecified atom stereocenters. The molecule has 164 valence electrons. The molecule has 2 fully saturated rings. The van der Waals surface area contributed by atoms with Crippen LogP contribution < -0.4 is 5.32 Å². The summed E-state index contributed by atoms with van der Waals surface area (Å²) in [6.45, 7) is 6.66. The van der Waals surface area contributed by atoms with Crippen molar-refractivity contribution in [1.82, 2.24) is 14.8 Å². The first-order chi connectivity index (χ1) is 14.8. The molecule has 31 heavy (non-hydrogen) atoms. The van der Waals surface area contributed by atoms with Crippen molar-refractivity contribution >= 4 is 17.7 Å². The number of benzene rings is 1. The molecule has 1 aromatic heterocycles. The Balaban J connectivity index is 1.46. The van der Waals surface area contributed by atoms with Crippen molar-refractivity contribution in [3.63, 3.8) is 0 Å². The summed E-state index contributed by atoms with van der Waals surface area (Å²) in [7, 11) is 0. The Morgan fingerprint density at radius 2 is 1.81 bits per heavy atom. The highest BCUT2D eigenvalue weighted by Crippen LogP contribution is 2.36. The number of aromatic nitrogens is 1. The van der Waals surface area contributed by atoms with Crippen molar-refractivity contribution in [2.24, 2.45) is 5.92 Å². The van der Waals surface area contributed by atoms with Crippen LogP contribution in [0.15, 0.2) is 36.4 Å². The highest BCUT2D eigenvalue weighted by molar-refractivity contribution is 6.11. The third kappa shape index (κ3) is 4.03. The molecular weight excluding hydrogens is 390 g/mol. The van der Waals surface area contributed by atoms with E-state index in [4.69, 9.17) is 0 Å². The van der Waals surface area contributed by atoms with Gasteiger partial charge < -0.3 is 9.88 Å². The number of ketones is 1. The minimum absolute atomic E-state index is 0.191. The number of aryl methyl sites for hydroxylation is 2. The number of carbonyl (C=O) groups excluding carboxylic acids is 3. The van der Waals surface area contributed by atoms with E-state index in [0.29, 0.717) is 24.3 Å². The van der Waals surface area contributed by atoms with Crippen molar-refractivity contribution < 1.29 is 14.4 Å². The zero-order valence-electron chi connectivity index (χ0n) is 18.6. The summed E-state index contributed by atoms with van der Waals surface area (Å²) in [6, 6.07) is 11.7. The second-order valence-corrected chi connectivity index (χ2v) is 9.18. The Morgan fingerprint density at radius 1 is 1.13 bits per heavy atom. The number of carbonyl (C=O) groups is 3. The van der Waals surface area contributed by atoms with Gasteiger partial charge in [-0.05, 0) is 63.5 Å². The zero-order chi connectivity index (χ0) is 22.2. The number of urea groups is 1. The fourth-order valence-corrected chi connectivity index (χ4v) is 4.96. The van der Waals surface area contributed by atoms with E-state index >= 15 is 0 Å². The molecule has 2 heterocycles. The summed E-state index contributed by atoms with van der Waals surface area (Å²) in [5.74, 6) is 0.131. The Labute approximate surface area is 183 Å². The quantitative estimate of drug-likeness (QED) is 0.565. The van der Waals surface area contributed by atoms with Crippen LogP contribution in [0.3, 0.4) is 0 Å². The maximum Gasteiger partial charge on any atom is 0.325 e. The van der Waals surface area contributed by atoms with Crippen molar-refractivity contribution in [1.29, 1.82) is 0 Å². The summed E-state index contributed by atoms with van der Waals surface area (Å²) in [4.78, 5) is 39.8. The second-order valence-electron chi connectivity index (χ2n) is 9.18. The maximum absolute atomic E-state index is 13.1. The molecule has 2 aliphatic rings. The Morgan fingerprint density at radius 3 is 2.48 bits per heavy atom. The summed E-state index contributed by atoms with van der Waals surface area (Å²) < 4.78 is 2.14. The summed E-state index contributed by atoms with van der Waals surface area (Å²) >= 11 is 0. The van der Waals surface area contributed by atoms with Gasteiger partial charge >= 0.3 is 6.03 Å². The van der Waals surface area contributed by atoms with Crippen LogP contribution in [0.4, 0.5) is 4.79 Å². The van der Waals surface area contributed by atoms with E-state index in [-0.39, 0.29) is 18.2 Å². The second kappa shape index (κ2) is 8.33. The van der Waals surface area contributed by atoms with Crippen LogP contribution in [0.2, 0.25) is 0 Å². The van der Waals surface area contributed by atoms with Gasteiger partial charge in [-0.2, -0.15) is 0 Å². The van der Waals surface area contributed by atoms with Crippen molar-refractivity contribution in [3.05, 3.63) is 58.9 Å². The molecule has 1 aliphatic heterocycles. The number of imide groups is 1. The molecule has 6 heteroatoms. The van der Waals surface area contributed by atoms with Crippen molar-refractivity contribution in [2.45, 2.75) is 65.0 Å². The smallest absolute Gasteiger partial charge is 0.325 e. The van der Waals surface area contributed by atoms with Crippen molar-refractivity contribution in [3.8, 4) is 0 Å². The lowest BCUT2D eigenvalue weighted by Crippen LogP contribution is -2.49. The number of hydrogen-bond donors (Lipinski definition) is 1. The minimum Gasteiger partial charge on any atom is -0.348 e. The summed E-state index contributed by atoms with van der Waals surface area (Å²) in [6.07, 6.45) is 4.00. The predicted molar refractivity (Wildman–Crippen MR) is 119 cm³/mol. The van der Waals surface area contributed by atoms with Gasteiger partial charge in [-0.15, -0.1) is 0 Å². The molecule has 1 aromatic carbocycles. The maximum atomic E-state index is 13.1. The number of Topliss-reactive ketones (excluding diaryl/α,β-unsaturated/α-hetero) is 1. The molecule has 1 spiro atoms. The van der Waals surface area contributed by atoms with Crippen molar-refractivity contribution in [2.75, 3.05) is 6.54 Å². The van der Waals surface area contributed by atoms with E-state index < -0.39 is 11.6 Å². The predicted octanol–water partition coefficient (Wildman–Crippen LogP) is 4.03. The lowest BCUT2D eigenvalue weighted by atomic mass is 9.77. The molecular formula is C25H31N3O3. The summed E-state index contributed by atoms with van der Waals surface area (Å²) in [5, 5.41) is 2.90. The molecule has 6 nitrogen and oxygen atoms in total. The molecule has 0 radical (unpaired) electrons. The van der Waals surface area contributed by atoms with Crippen LogP contribution in [0.1, 0.15) is 59.9 Å². The lowest BCUT2D eigenvalue weighted by molar-refractivity contribution is -0.132. The molecule has 0 bridgehead atoms. The van der Waals surface area contributed by atoms with E-state index in [1.807, 2.05) is 38.1 Å². The van der Waals surface area contributed by atoms with Gasteiger partial charge in [0.15, 0.2) is 5.78 Å². The van der Waals surface area contributed by atoms with Crippen LogP contribution in [0.25, 0.3) is 0 Å². The van der Waals surface area contributed by atoms with Crippen LogP contribution >= 0.6 is 0 Å². The van der Waals surface area contributed by atoms with Gasteiger partial charge in [-0.25, -0.2) is 4.79 Å². The molecule has 4 rings (SSSR count). The first kappa shape index (κ1) is 21.3. The fraction of sp³-hybridized carbons (Fsp3) is 0.480. The van der Waals surface area contributed by atoms with Gasteiger partial charge in [0, 0.05) is 23.5 Å². The number of nitrogens with one attached hydrogen (secondary N) is 1. The third-order valence-electron chi connectivity index (χ3n) is 7.02. The van der Waals surface area contributed by atoms with Crippen LogP contribution in [0, 0.1) is 19.8 Å². The monoisotopic (exact) mass is 421 g/mol. The minimum atomic E-state index is -0.809. The molecule has 1 N–H and O–H groups in total. The highest BCUT2D eigenvalue weighted by Gasteiger charge is 2.52. The molecule has 1 saturated carbocycles. The Bertz CT molecular complexity index is 1000. The van der Waals surface area contributed by atoms with Crippen LogP contribution in [0.5, 0.6) is 0 Å². The van der Waals surface area contributed by atoms with E-state index in [1.54, 1.807) is 0 Å². The molecule has 1 saturated heterocycles. The standard InChI is InChI=1S/C25H31N3O3/c1-17-9-12-25(13-10-17)23(30)28(24(31)26-25)16-22(29)21-15-18(2)27(19(21)3)14-11-20-7-5-4-6-8-20/h4-8,15,17H,9-14,16H2,1-3H3,(H,26,31). The van der Waals surface area contributed by atoms with E-state index in [1.165, 1.54) is 5.56 Å². The van der Waals surface area contributed by atoms with E-state index in [2.05, 4.69) is 28.9 Å². The van der Waals surface area contributed by atoms with Gasteiger partial charge in [0.1, 0.15) is 5.54 Å². The molecule has 3 amide bonds. The molecule has 2 aromatic rings. The number of rotatable bonds is 6. The third-order valence-corrected chi connectivity index (χ3v) is 7.02. The molecule has 1 aliphatic carbocycles. The first-order valence-electron chi connectivity index (χ1n) is 11.2. The molecule has 0 atom stereocenters. The van der Waals surface area contributed by atoms with Gasteiger partial charge in [0.2, 0.25) is 0 Å². The van der Waals surface area contributed by atoms with Crippen LogP contribution in [-0.2, 0) is 17.8 Å². The first-order valence-corrected chi connectivity index (χ1v) is 11.2. The van der Waals surface area contributed by atoms with Gasteiger partial charge in [-0.3, -0.25) is 14.5 Å². The van der Waals surface area contributed by atoms with Gasteiger partial charge in [-0.1, -0.05) is 37.3 Å². The number of nitrogens with zero attached hydrogens (tertiary/aromatic N) is 2. The Hall–Kier alpha value is -2.89. The highest BCUT2D eigenvalue weighted by atomic mass is 16.2. The van der Waals surface area contributed by atoms with Gasteiger partial charge in [0.05, 0.1) is 6.54 Å². The topological polar surface area (TPSA) is 71.4 Å². The van der Waals surface area contributed by atoms with E-state index in [9.17, 15) is 14.4 Å². The fourth-order valence-electron chi connectivity index (χ4n) is 4.96. The average Bonchev–Trinajstić information content (AvgIpc) is 3.17. The zero-order valence-corrected chi connectivity index (χ0v) is 18.6. The summed E-state index contributed by atoms with van der Waals surface area (Å²) in [5.41, 5.74) is 2.91. The Kier molecular flexibility index (Phi) is 5.73. The lowest BCUT2D eigenvalue weighted by Gasteiger charge is -2.33. The average molecular weight is 422 g/mol. The largest absolute Gasteiger partial charge is 0.348 e. The van der Waals surface area contributed by atoms with E-state index in [0.717, 1.165) is 42.1 Å². The van der Waals surface area contributed by atoms with Gasteiger partial charge in [0.25, 0.3) is 5.91 Å². The normalized spacial score (nSPS) is 23.5. The van der Waals surface area contributed by atoms with Crippen LogP contribution in [-0.4, -0.2) is 39.3 Å². The number of hydrogen-bond acceptors (Lipinski definition) is 3.